The fourth-order valence-electron chi connectivity index (χ4n) is 3.18. The summed E-state index contributed by atoms with van der Waals surface area (Å²) < 4.78 is 21.5. The van der Waals surface area contributed by atoms with Gasteiger partial charge in [-0.15, -0.1) is 0 Å². The highest BCUT2D eigenvalue weighted by Gasteiger charge is 2.18. The van der Waals surface area contributed by atoms with E-state index in [4.69, 9.17) is 10.5 Å². The zero-order chi connectivity index (χ0) is 22.0. The molecule has 0 aliphatic heterocycles. The molecule has 4 aromatic heterocycles. The van der Waals surface area contributed by atoms with E-state index < -0.39 is 5.82 Å². The van der Waals surface area contributed by atoms with Gasteiger partial charge < -0.3 is 19.9 Å². The number of pyridine rings is 2. The Kier molecular flexibility index (Phi) is 5.72. The number of fused-ring (bicyclic) bond motifs is 1. The van der Waals surface area contributed by atoms with Gasteiger partial charge in [0.15, 0.2) is 17.0 Å². The van der Waals surface area contributed by atoms with Crippen LogP contribution in [0.25, 0.3) is 22.6 Å². The molecule has 2 N–H and O–H groups in total. The third kappa shape index (κ3) is 4.58. The van der Waals surface area contributed by atoms with Crippen LogP contribution in [0.4, 0.5) is 10.2 Å². The zero-order valence-corrected chi connectivity index (χ0v) is 17.6. The molecular weight excluding hydrogens is 399 g/mol. The maximum atomic E-state index is 13.9. The average Bonchev–Trinajstić information content (AvgIpc) is 3.07. The van der Waals surface area contributed by atoms with Gasteiger partial charge in [0.25, 0.3) is 0 Å². The highest BCUT2D eigenvalue weighted by atomic mass is 19.1. The Labute approximate surface area is 178 Å². The second-order valence-electron chi connectivity index (χ2n) is 7.40. The van der Waals surface area contributed by atoms with Crippen molar-refractivity contribution in [2.24, 2.45) is 0 Å². The molecule has 0 radical (unpaired) electrons. The quantitative estimate of drug-likeness (QED) is 0.483. The fraction of sp³-hybridized carbons (Fsp3) is 0.286. The van der Waals surface area contributed by atoms with Gasteiger partial charge >= 0.3 is 0 Å². The molecule has 10 heteroatoms. The summed E-state index contributed by atoms with van der Waals surface area (Å²) in [5, 5.41) is 0. The summed E-state index contributed by atoms with van der Waals surface area (Å²) in [6.07, 6.45) is 4.39. The van der Waals surface area contributed by atoms with E-state index in [0.717, 1.165) is 18.3 Å². The normalized spacial score (nSPS) is 11.4. The van der Waals surface area contributed by atoms with Crippen LogP contribution in [-0.4, -0.2) is 61.6 Å². The number of nitrogens with two attached hydrogens (primary N) is 1. The molecule has 0 fully saturated rings. The molecule has 4 aromatic rings. The lowest BCUT2D eigenvalue weighted by molar-refractivity contribution is 0.253. The Hall–Kier alpha value is -3.66. The number of ether oxygens (including phenoxy) is 1. The lowest BCUT2D eigenvalue weighted by Gasteiger charge is -2.12. The number of aryl methyl sites for hydroxylation is 1. The summed E-state index contributed by atoms with van der Waals surface area (Å²) >= 11 is 0. The molecule has 31 heavy (non-hydrogen) atoms. The van der Waals surface area contributed by atoms with E-state index in [-0.39, 0.29) is 5.82 Å². The smallest absolute Gasteiger partial charge is 0.213 e. The summed E-state index contributed by atoms with van der Waals surface area (Å²) in [6, 6.07) is 5.13. The molecule has 0 bridgehead atoms. The number of nitrogen functional groups attached to an aromatic ring is 1. The number of hydrogen-bond acceptors (Lipinski definition) is 8. The fourth-order valence-corrected chi connectivity index (χ4v) is 3.18. The second kappa shape index (κ2) is 8.60. The number of anilines is 1. The first-order valence-corrected chi connectivity index (χ1v) is 9.74. The van der Waals surface area contributed by atoms with Crippen molar-refractivity contribution in [3.8, 4) is 17.3 Å². The van der Waals surface area contributed by atoms with E-state index in [9.17, 15) is 4.39 Å². The molecule has 160 valence electrons. The highest BCUT2D eigenvalue weighted by Crippen LogP contribution is 2.27. The number of halogens is 1. The van der Waals surface area contributed by atoms with Crippen LogP contribution < -0.4 is 10.5 Å². The molecule has 0 saturated heterocycles. The molecule has 4 heterocycles. The van der Waals surface area contributed by atoms with Gasteiger partial charge in [0, 0.05) is 30.6 Å². The van der Waals surface area contributed by atoms with E-state index in [1.54, 1.807) is 19.3 Å². The van der Waals surface area contributed by atoms with E-state index in [1.165, 1.54) is 6.07 Å². The lowest BCUT2D eigenvalue weighted by atomic mass is 10.2. The summed E-state index contributed by atoms with van der Waals surface area (Å²) in [5.41, 5.74) is 8.56. The molecular formula is C21H23FN8O. The lowest BCUT2D eigenvalue weighted by Crippen LogP contribution is -2.19. The molecule has 0 amide bonds. The molecule has 0 aliphatic carbocycles. The van der Waals surface area contributed by atoms with Crippen LogP contribution in [0.3, 0.4) is 0 Å². The number of likely N-dealkylation sites (N-methyl/N-ethyl adjacent to an activating group) is 1. The number of imidazole rings is 1. The zero-order valence-electron chi connectivity index (χ0n) is 17.6. The Bertz CT molecular complexity index is 1220. The van der Waals surface area contributed by atoms with Crippen LogP contribution in [0.2, 0.25) is 0 Å². The molecule has 0 atom stereocenters. The Morgan fingerprint density at radius 1 is 1.16 bits per heavy atom. The maximum Gasteiger partial charge on any atom is 0.213 e. The monoisotopic (exact) mass is 422 g/mol. The van der Waals surface area contributed by atoms with E-state index in [2.05, 4.69) is 24.9 Å². The summed E-state index contributed by atoms with van der Waals surface area (Å²) in [5.74, 6) is 1.38. The van der Waals surface area contributed by atoms with Crippen molar-refractivity contribution >= 4 is 17.0 Å². The standard InChI is InChI=1S/C21H23FN8O/c1-13-26-19(23)18-21(27-13)30(20(28-18)15-9-16(22)11-24-10-15)12-14-4-5-25-17(8-14)31-7-6-29(2)3/h4-5,8-11H,6-7,12H2,1-3H3,(H2,23,26,27). The van der Waals surface area contributed by atoms with Crippen LogP contribution >= 0.6 is 0 Å². The number of hydrogen-bond donors (Lipinski definition) is 1. The predicted molar refractivity (Wildman–Crippen MR) is 115 cm³/mol. The minimum atomic E-state index is -0.452. The van der Waals surface area contributed by atoms with E-state index in [0.29, 0.717) is 47.4 Å². The van der Waals surface area contributed by atoms with Crippen LogP contribution in [0.5, 0.6) is 5.88 Å². The molecule has 0 unspecified atom stereocenters. The molecule has 0 spiro atoms. The Balaban J connectivity index is 1.75. The highest BCUT2D eigenvalue weighted by molar-refractivity contribution is 5.85. The van der Waals surface area contributed by atoms with Crippen molar-refractivity contribution in [1.82, 2.24) is 34.4 Å². The first-order chi connectivity index (χ1) is 14.9. The van der Waals surface area contributed by atoms with Gasteiger partial charge in [-0.25, -0.2) is 24.3 Å². The van der Waals surface area contributed by atoms with Gasteiger partial charge in [0.2, 0.25) is 5.88 Å². The molecule has 9 nitrogen and oxygen atoms in total. The molecule has 0 aliphatic rings. The minimum Gasteiger partial charge on any atom is -0.476 e. The molecule has 0 saturated carbocycles. The van der Waals surface area contributed by atoms with E-state index in [1.807, 2.05) is 35.7 Å². The van der Waals surface area contributed by atoms with E-state index >= 15 is 0 Å². The van der Waals surface area contributed by atoms with Gasteiger partial charge in [-0.05, 0) is 38.7 Å². The summed E-state index contributed by atoms with van der Waals surface area (Å²) in [6.45, 7) is 3.48. The number of aromatic nitrogens is 6. The van der Waals surface area contributed by atoms with Crippen molar-refractivity contribution in [2.45, 2.75) is 13.5 Å². The third-order valence-corrected chi connectivity index (χ3v) is 4.62. The van der Waals surface area contributed by atoms with Gasteiger partial charge in [-0.1, -0.05) is 0 Å². The summed E-state index contributed by atoms with van der Waals surface area (Å²) in [7, 11) is 3.96. The van der Waals surface area contributed by atoms with Crippen molar-refractivity contribution in [1.29, 1.82) is 0 Å². The van der Waals surface area contributed by atoms with Gasteiger partial charge in [0.05, 0.1) is 12.7 Å². The van der Waals surface area contributed by atoms with Gasteiger partial charge in [-0.3, -0.25) is 4.98 Å². The molecule has 0 aromatic carbocycles. The minimum absolute atomic E-state index is 0.272. The van der Waals surface area contributed by atoms with Crippen molar-refractivity contribution < 1.29 is 9.13 Å². The Morgan fingerprint density at radius 3 is 2.77 bits per heavy atom. The SMILES string of the molecule is Cc1nc(N)c2nc(-c3cncc(F)c3)n(Cc3ccnc(OCCN(C)C)c3)c2n1. The first kappa shape index (κ1) is 20.6. The topological polar surface area (TPSA) is 108 Å². The molecule has 4 rings (SSSR count). The van der Waals surface area contributed by atoms with Crippen molar-refractivity contribution in [3.05, 3.63) is 54.0 Å². The number of rotatable bonds is 7. The third-order valence-electron chi connectivity index (χ3n) is 4.62. The summed E-state index contributed by atoms with van der Waals surface area (Å²) in [4.78, 5) is 23.6. The van der Waals surface area contributed by atoms with Crippen LogP contribution in [0.1, 0.15) is 11.4 Å². The number of nitrogens with zero attached hydrogens (tertiary/aromatic N) is 7. The Morgan fingerprint density at radius 2 is 2.00 bits per heavy atom. The van der Waals surface area contributed by atoms with Crippen LogP contribution in [0.15, 0.2) is 36.8 Å². The van der Waals surface area contributed by atoms with Gasteiger partial charge in [0.1, 0.15) is 24.1 Å². The van der Waals surface area contributed by atoms with Gasteiger partial charge in [-0.2, -0.15) is 0 Å². The van der Waals surface area contributed by atoms with Crippen LogP contribution in [0, 0.1) is 12.7 Å². The van der Waals surface area contributed by atoms with Crippen molar-refractivity contribution in [3.63, 3.8) is 0 Å². The van der Waals surface area contributed by atoms with Crippen LogP contribution in [-0.2, 0) is 6.54 Å². The average molecular weight is 422 g/mol. The van der Waals surface area contributed by atoms with Crippen molar-refractivity contribution in [2.75, 3.05) is 33.0 Å². The first-order valence-electron chi connectivity index (χ1n) is 9.74. The largest absolute Gasteiger partial charge is 0.476 e. The maximum absolute atomic E-state index is 13.9. The predicted octanol–water partition coefficient (Wildman–Crippen LogP) is 2.30. The second-order valence-corrected chi connectivity index (χ2v) is 7.40.